The van der Waals surface area contributed by atoms with Gasteiger partial charge in [0.05, 0.1) is 16.5 Å². The van der Waals surface area contributed by atoms with Crippen LogP contribution in [0.1, 0.15) is 17.5 Å². The van der Waals surface area contributed by atoms with Crippen molar-refractivity contribution < 1.29 is 22.8 Å². The second kappa shape index (κ2) is 6.62. The molecule has 2 rings (SSSR count). The van der Waals surface area contributed by atoms with E-state index in [0.717, 1.165) is 12.1 Å². The minimum Gasteiger partial charge on any atom is -0.369 e. The van der Waals surface area contributed by atoms with Crippen molar-refractivity contribution in [2.24, 2.45) is 11.7 Å². The molecule has 0 aromatic heterocycles. The van der Waals surface area contributed by atoms with Crippen LogP contribution in [0.15, 0.2) is 24.3 Å². The lowest BCUT2D eigenvalue weighted by atomic mass is 10.1. The lowest BCUT2D eigenvalue weighted by molar-refractivity contribution is -0.137. The van der Waals surface area contributed by atoms with Crippen molar-refractivity contribution >= 4 is 29.5 Å². The van der Waals surface area contributed by atoms with Crippen LogP contribution in [0, 0.1) is 5.92 Å². The SMILES string of the molecule is NC(=O)[C@H]1CCN(C(=O)/C=C/c2ccc(Cl)c(C(F)(F)F)c2)C1. The number of nitrogens with two attached hydrogens (primary N) is 1. The van der Waals surface area contributed by atoms with Gasteiger partial charge >= 0.3 is 6.18 Å². The van der Waals surface area contributed by atoms with Crippen LogP contribution in [0.3, 0.4) is 0 Å². The molecule has 0 radical (unpaired) electrons. The largest absolute Gasteiger partial charge is 0.417 e. The summed E-state index contributed by atoms with van der Waals surface area (Å²) in [4.78, 5) is 24.5. The Bertz CT molecular complexity index is 659. The van der Waals surface area contributed by atoms with E-state index in [1.54, 1.807) is 0 Å². The number of amides is 2. The number of hydrogen-bond acceptors (Lipinski definition) is 2. The fourth-order valence-corrected chi connectivity index (χ4v) is 2.55. The first-order valence-electron chi connectivity index (χ1n) is 6.81. The monoisotopic (exact) mass is 346 g/mol. The average molecular weight is 347 g/mol. The second-order valence-electron chi connectivity index (χ2n) is 5.24. The molecular weight excluding hydrogens is 333 g/mol. The Balaban J connectivity index is 2.09. The standard InChI is InChI=1S/C15H14ClF3N2O2/c16-12-3-1-9(7-11(12)15(17,18)19)2-4-13(22)21-6-5-10(8-21)14(20)23/h1-4,7,10H,5-6,8H2,(H2,20,23)/b4-2+/t10-/m0/s1. The average Bonchev–Trinajstić information content (AvgIpc) is 2.95. The summed E-state index contributed by atoms with van der Waals surface area (Å²) in [5, 5.41) is -0.398. The molecule has 1 heterocycles. The van der Waals surface area contributed by atoms with Gasteiger partial charge in [-0.2, -0.15) is 13.2 Å². The Morgan fingerprint density at radius 2 is 2.04 bits per heavy atom. The fourth-order valence-electron chi connectivity index (χ4n) is 2.33. The van der Waals surface area contributed by atoms with Gasteiger partial charge in [-0.1, -0.05) is 17.7 Å². The number of alkyl halides is 3. The molecule has 1 aromatic carbocycles. The van der Waals surface area contributed by atoms with Crippen molar-refractivity contribution in [3.63, 3.8) is 0 Å². The Morgan fingerprint density at radius 1 is 1.35 bits per heavy atom. The zero-order chi connectivity index (χ0) is 17.2. The van der Waals surface area contributed by atoms with E-state index in [9.17, 15) is 22.8 Å². The lowest BCUT2D eigenvalue weighted by Gasteiger charge is -2.13. The maximum absolute atomic E-state index is 12.8. The molecule has 2 amide bonds. The number of hydrogen-bond donors (Lipinski definition) is 1. The molecule has 8 heteroatoms. The first kappa shape index (κ1) is 17.3. The lowest BCUT2D eigenvalue weighted by Crippen LogP contribution is -2.30. The van der Waals surface area contributed by atoms with Gasteiger partial charge in [0.15, 0.2) is 0 Å². The van der Waals surface area contributed by atoms with Crippen molar-refractivity contribution in [2.75, 3.05) is 13.1 Å². The predicted molar refractivity (Wildman–Crippen MR) is 79.4 cm³/mol. The zero-order valence-electron chi connectivity index (χ0n) is 11.9. The van der Waals surface area contributed by atoms with Crippen LogP contribution >= 0.6 is 11.6 Å². The van der Waals surface area contributed by atoms with Gasteiger partial charge in [-0.3, -0.25) is 9.59 Å². The van der Waals surface area contributed by atoms with Gasteiger partial charge in [0.25, 0.3) is 0 Å². The van der Waals surface area contributed by atoms with Gasteiger partial charge in [-0.05, 0) is 30.2 Å². The van der Waals surface area contributed by atoms with Crippen LogP contribution in [-0.4, -0.2) is 29.8 Å². The summed E-state index contributed by atoms with van der Waals surface area (Å²) in [6.07, 6.45) is -1.61. The molecule has 23 heavy (non-hydrogen) atoms. The molecular formula is C15H14ClF3N2O2. The second-order valence-corrected chi connectivity index (χ2v) is 5.65. The maximum Gasteiger partial charge on any atom is 0.417 e. The quantitative estimate of drug-likeness (QED) is 0.855. The Kier molecular flexibility index (Phi) is 4.99. The minimum atomic E-state index is -4.56. The van der Waals surface area contributed by atoms with Crippen LogP contribution in [0.25, 0.3) is 6.08 Å². The van der Waals surface area contributed by atoms with E-state index < -0.39 is 22.7 Å². The molecule has 0 spiro atoms. The van der Waals surface area contributed by atoms with Gasteiger partial charge in [0.1, 0.15) is 0 Å². The van der Waals surface area contributed by atoms with Crippen LogP contribution in [-0.2, 0) is 15.8 Å². The number of carbonyl (C=O) groups excluding carboxylic acids is 2. The first-order valence-corrected chi connectivity index (χ1v) is 7.19. The molecule has 0 aliphatic carbocycles. The summed E-state index contributed by atoms with van der Waals surface area (Å²) in [6, 6.07) is 3.40. The molecule has 0 unspecified atom stereocenters. The highest BCUT2D eigenvalue weighted by Crippen LogP contribution is 2.35. The van der Waals surface area contributed by atoms with Crippen molar-refractivity contribution in [2.45, 2.75) is 12.6 Å². The van der Waals surface area contributed by atoms with E-state index >= 15 is 0 Å². The third-order valence-electron chi connectivity index (χ3n) is 3.62. The molecule has 1 aliphatic rings. The Hall–Kier alpha value is -2.02. The van der Waals surface area contributed by atoms with Crippen LogP contribution in [0.5, 0.6) is 0 Å². The van der Waals surface area contributed by atoms with Gasteiger partial charge in [0.2, 0.25) is 11.8 Å². The highest BCUT2D eigenvalue weighted by atomic mass is 35.5. The van der Waals surface area contributed by atoms with Gasteiger partial charge < -0.3 is 10.6 Å². The topological polar surface area (TPSA) is 63.4 Å². The van der Waals surface area contributed by atoms with Gasteiger partial charge in [-0.25, -0.2) is 0 Å². The zero-order valence-corrected chi connectivity index (χ0v) is 12.7. The Morgan fingerprint density at radius 3 is 2.61 bits per heavy atom. The van der Waals surface area contributed by atoms with E-state index in [1.807, 2.05) is 0 Å². The number of halogens is 4. The van der Waals surface area contributed by atoms with E-state index in [0.29, 0.717) is 13.0 Å². The van der Waals surface area contributed by atoms with Gasteiger partial charge in [-0.15, -0.1) is 0 Å². The number of benzene rings is 1. The number of rotatable bonds is 3. The summed E-state index contributed by atoms with van der Waals surface area (Å²) in [6.45, 7) is 0.623. The highest BCUT2D eigenvalue weighted by Gasteiger charge is 2.33. The third-order valence-corrected chi connectivity index (χ3v) is 3.95. The fraction of sp³-hybridized carbons (Fsp3) is 0.333. The number of likely N-dealkylation sites (tertiary alicyclic amines) is 1. The van der Waals surface area contributed by atoms with E-state index in [-0.39, 0.29) is 23.9 Å². The van der Waals surface area contributed by atoms with Crippen molar-refractivity contribution in [3.05, 3.63) is 40.4 Å². The van der Waals surface area contributed by atoms with Crippen molar-refractivity contribution in [3.8, 4) is 0 Å². The molecule has 0 saturated carbocycles. The van der Waals surface area contributed by atoms with E-state index in [2.05, 4.69) is 0 Å². The summed E-state index contributed by atoms with van der Waals surface area (Å²) in [7, 11) is 0. The van der Waals surface area contributed by atoms with Crippen LogP contribution in [0.4, 0.5) is 13.2 Å². The molecule has 1 fully saturated rings. The van der Waals surface area contributed by atoms with Gasteiger partial charge in [0, 0.05) is 19.2 Å². The summed E-state index contributed by atoms with van der Waals surface area (Å²) in [5.41, 5.74) is 4.44. The summed E-state index contributed by atoms with van der Waals surface area (Å²) < 4.78 is 38.3. The van der Waals surface area contributed by atoms with Crippen molar-refractivity contribution in [1.29, 1.82) is 0 Å². The normalized spacial score (nSPS) is 18.6. The van der Waals surface area contributed by atoms with Crippen LogP contribution in [0.2, 0.25) is 5.02 Å². The molecule has 1 aliphatic heterocycles. The molecule has 1 aromatic rings. The van der Waals surface area contributed by atoms with E-state index in [1.165, 1.54) is 23.1 Å². The number of primary amides is 1. The van der Waals surface area contributed by atoms with Crippen LogP contribution < -0.4 is 5.73 Å². The predicted octanol–water partition coefficient (Wildman–Crippen LogP) is 2.71. The highest BCUT2D eigenvalue weighted by molar-refractivity contribution is 6.31. The molecule has 1 atom stereocenters. The van der Waals surface area contributed by atoms with Crippen molar-refractivity contribution in [1.82, 2.24) is 4.90 Å². The molecule has 1 saturated heterocycles. The maximum atomic E-state index is 12.8. The summed E-state index contributed by atoms with van der Waals surface area (Å²) in [5.74, 6) is -1.21. The Labute approximate surface area is 135 Å². The molecule has 2 N–H and O–H groups in total. The van der Waals surface area contributed by atoms with E-state index in [4.69, 9.17) is 17.3 Å². The number of carbonyl (C=O) groups is 2. The minimum absolute atomic E-state index is 0.209. The smallest absolute Gasteiger partial charge is 0.369 e. The summed E-state index contributed by atoms with van der Waals surface area (Å²) >= 11 is 5.53. The molecule has 124 valence electrons. The third kappa shape index (κ3) is 4.25. The molecule has 4 nitrogen and oxygen atoms in total. The number of nitrogens with zero attached hydrogens (tertiary/aromatic N) is 1. The molecule has 0 bridgehead atoms. The first-order chi connectivity index (χ1) is 10.7.